The van der Waals surface area contributed by atoms with Crippen molar-refractivity contribution in [2.75, 3.05) is 5.32 Å². The van der Waals surface area contributed by atoms with E-state index < -0.39 is 4.92 Å². The van der Waals surface area contributed by atoms with Crippen molar-refractivity contribution in [2.24, 2.45) is 0 Å². The van der Waals surface area contributed by atoms with E-state index in [1.807, 2.05) is 12.3 Å². The lowest BCUT2D eigenvalue weighted by molar-refractivity contribution is -0.385. The van der Waals surface area contributed by atoms with Gasteiger partial charge in [0.2, 0.25) is 0 Å². The summed E-state index contributed by atoms with van der Waals surface area (Å²) in [5.74, 6) is 0.484. The van der Waals surface area contributed by atoms with Crippen molar-refractivity contribution in [1.29, 1.82) is 0 Å². The molecule has 2 heterocycles. The maximum absolute atomic E-state index is 10.8. The number of nitrogens with zero attached hydrogens (tertiary/aromatic N) is 3. The molecule has 2 aromatic heterocycles. The highest BCUT2D eigenvalue weighted by molar-refractivity contribution is 7.09. The molecule has 0 radical (unpaired) electrons. The first kappa shape index (κ1) is 12.4. The van der Waals surface area contributed by atoms with E-state index in [2.05, 4.69) is 15.3 Å². The van der Waals surface area contributed by atoms with E-state index in [1.54, 1.807) is 18.3 Å². The summed E-state index contributed by atoms with van der Waals surface area (Å²) in [7, 11) is 0. The fraction of sp³-hybridized carbons (Fsp3) is 0.273. The van der Waals surface area contributed by atoms with Crippen LogP contribution in [0.15, 0.2) is 17.6 Å². The van der Waals surface area contributed by atoms with Crippen molar-refractivity contribution in [3.05, 3.63) is 44.0 Å². The second-order valence-corrected chi connectivity index (χ2v) is 4.89. The molecule has 0 bridgehead atoms. The molecule has 6 nitrogen and oxygen atoms in total. The minimum atomic E-state index is -0.408. The highest BCUT2D eigenvalue weighted by atomic mass is 32.1. The molecule has 2 aromatic rings. The van der Waals surface area contributed by atoms with E-state index in [0.717, 1.165) is 10.7 Å². The summed E-state index contributed by atoms with van der Waals surface area (Å²) in [6.07, 6.45) is 1.49. The van der Waals surface area contributed by atoms with Gasteiger partial charge in [-0.15, -0.1) is 11.3 Å². The Balaban J connectivity index is 2.10. The maximum atomic E-state index is 10.8. The van der Waals surface area contributed by atoms with Crippen molar-refractivity contribution in [3.8, 4) is 0 Å². The normalized spacial score (nSPS) is 10.3. The summed E-state index contributed by atoms with van der Waals surface area (Å²) in [5.41, 5.74) is 1.53. The largest absolute Gasteiger partial charge is 0.364 e. The SMILES string of the molecule is Cc1nc(CNc2cc([N+](=O)[O-])c(C)cn2)cs1. The smallest absolute Gasteiger partial charge is 0.277 e. The molecule has 0 atom stereocenters. The molecule has 2 rings (SSSR count). The number of thiazole rings is 1. The van der Waals surface area contributed by atoms with Gasteiger partial charge in [0.1, 0.15) is 5.82 Å². The van der Waals surface area contributed by atoms with Gasteiger partial charge in [-0.3, -0.25) is 10.1 Å². The molecule has 0 unspecified atom stereocenters. The van der Waals surface area contributed by atoms with E-state index in [9.17, 15) is 10.1 Å². The standard InChI is InChI=1S/C11H12N4O2S/c1-7-4-12-11(3-10(7)15(16)17)13-5-9-6-18-8(2)14-9/h3-4,6H,5H2,1-2H3,(H,12,13). The molecule has 1 N–H and O–H groups in total. The Morgan fingerprint density at radius 2 is 2.28 bits per heavy atom. The Labute approximate surface area is 108 Å². The van der Waals surface area contributed by atoms with Crippen LogP contribution < -0.4 is 5.32 Å². The van der Waals surface area contributed by atoms with Crippen molar-refractivity contribution in [2.45, 2.75) is 20.4 Å². The van der Waals surface area contributed by atoms with Crippen LogP contribution in [-0.2, 0) is 6.54 Å². The summed E-state index contributed by atoms with van der Waals surface area (Å²) < 4.78 is 0. The minimum absolute atomic E-state index is 0.0713. The summed E-state index contributed by atoms with van der Waals surface area (Å²) >= 11 is 1.57. The summed E-state index contributed by atoms with van der Waals surface area (Å²) in [5, 5.41) is 16.8. The number of hydrogen-bond donors (Lipinski definition) is 1. The first-order valence-corrected chi connectivity index (χ1v) is 6.20. The number of aromatic nitrogens is 2. The van der Waals surface area contributed by atoms with Gasteiger partial charge in [-0.1, -0.05) is 0 Å². The van der Waals surface area contributed by atoms with Crippen LogP contribution in [0.3, 0.4) is 0 Å². The molecule has 0 aromatic carbocycles. The lowest BCUT2D eigenvalue weighted by atomic mass is 10.2. The summed E-state index contributed by atoms with van der Waals surface area (Å²) in [6.45, 7) is 4.11. The van der Waals surface area contributed by atoms with Crippen LogP contribution in [0, 0.1) is 24.0 Å². The highest BCUT2D eigenvalue weighted by Gasteiger charge is 2.11. The molecule has 7 heteroatoms. The Hall–Kier alpha value is -2.02. The number of anilines is 1. The van der Waals surface area contributed by atoms with E-state index in [0.29, 0.717) is 17.9 Å². The maximum Gasteiger partial charge on any atom is 0.277 e. The average molecular weight is 264 g/mol. The molecule has 0 aliphatic heterocycles. The second kappa shape index (κ2) is 5.09. The third kappa shape index (κ3) is 2.80. The molecular weight excluding hydrogens is 252 g/mol. The Morgan fingerprint density at radius 1 is 1.50 bits per heavy atom. The summed E-state index contributed by atoms with van der Waals surface area (Å²) in [6, 6.07) is 1.44. The third-order valence-corrected chi connectivity index (χ3v) is 3.21. The lowest BCUT2D eigenvalue weighted by Crippen LogP contribution is -2.03. The van der Waals surface area contributed by atoms with E-state index in [4.69, 9.17) is 0 Å². The highest BCUT2D eigenvalue weighted by Crippen LogP contribution is 2.20. The van der Waals surface area contributed by atoms with Crippen LogP contribution in [0.2, 0.25) is 0 Å². The van der Waals surface area contributed by atoms with Crippen LogP contribution in [0.25, 0.3) is 0 Å². The minimum Gasteiger partial charge on any atom is -0.364 e. The molecule has 0 spiro atoms. The predicted molar refractivity (Wildman–Crippen MR) is 69.8 cm³/mol. The number of nitro groups is 1. The molecule has 0 aliphatic rings. The Kier molecular flexibility index (Phi) is 3.52. The van der Waals surface area contributed by atoms with Crippen molar-refractivity contribution < 1.29 is 4.92 Å². The van der Waals surface area contributed by atoms with E-state index in [-0.39, 0.29) is 5.69 Å². The van der Waals surface area contributed by atoms with Gasteiger partial charge in [-0.2, -0.15) is 0 Å². The predicted octanol–water partition coefficient (Wildman–Crippen LogP) is 2.68. The van der Waals surface area contributed by atoms with Gasteiger partial charge in [0.05, 0.1) is 28.2 Å². The van der Waals surface area contributed by atoms with Crippen molar-refractivity contribution >= 4 is 22.8 Å². The second-order valence-electron chi connectivity index (χ2n) is 3.82. The van der Waals surface area contributed by atoms with Gasteiger partial charge >= 0.3 is 0 Å². The third-order valence-electron chi connectivity index (χ3n) is 2.39. The van der Waals surface area contributed by atoms with Crippen LogP contribution in [0.5, 0.6) is 0 Å². The van der Waals surface area contributed by atoms with Gasteiger partial charge in [0.25, 0.3) is 5.69 Å². The number of hydrogen-bond acceptors (Lipinski definition) is 6. The van der Waals surface area contributed by atoms with Gasteiger partial charge < -0.3 is 5.32 Å². The number of rotatable bonds is 4. The molecule has 0 saturated heterocycles. The monoisotopic (exact) mass is 264 g/mol. The van der Waals surface area contributed by atoms with E-state index in [1.165, 1.54) is 12.3 Å². The first-order valence-electron chi connectivity index (χ1n) is 5.32. The van der Waals surface area contributed by atoms with Crippen LogP contribution >= 0.6 is 11.3 Å². The molecule has 0 saturated carbocycles. The number of pyridine rings is 1. The number of nitrogens with one attached hydrogen (secondary N) is 1. The summed E-state index contributed by atoms with van der Waals surface area (Å²) in [4.78, 5) is 18.8. The zero-order valence-corrected chi connectivity index (χ0v) is 10.8. The van der Waals surface area contributed by atoms with Crippen molar-refractivity contribution in [3.63, 3.8) is 0 Å². The zero-order valence-electron chi connectivity index (χ0n) is 10.0. The Bertz CT molecular complexity index is 582. The number of aryl methyl sites for hydroxylation is 2. The molecule has 0 amide bonds. The van der Waals surface area contributed by atoms with Gasteiger partial charge in [-0.05, 0) is 13.8 Å². The van der Waals surface area contributed by atoms with E-state index >= 15 is 0 Å². The van der Waals surface area contributed by atoms with Gasteiger partial charge in [0, 0.05) is 17.1 Å². The first-order chi connectivity index (χ1) is 8.56. The molecular formula is C11H12N4O2S. The van der Waals surface area contributed by atoms with Crippen LogP contribution in [0.4, 0.5) is 11.5 Å². The lowest BCUT2D eigenvalue weighted by Gasteiger charge is -2.04. The van der Waals surface area contributed by atoms with Crippen LogP contribution in [0.1, 0.15) is 16.3 Å². The molecule has 0 fully saturated rings. The fourth-order valence-electron chi connectivity index (χ4n) is 1.48. The van der Waals surface area contributed by atoms with Crippen LogP contribution in [-0.4, -0.2) is 14.9 Å². The topological polar surface area (TPSA) is 81.0 Å². The quantitative estimate of drug-likeness (QED) is 0.678. The molecule has 0 aliphatic carbocycles. The fourth-order valence-corrected chi connectivity index (χ4v) is 2.09. The average Bonchev–Trinajstić information content (AvgIpc) is 2.74. The van der Waals surface area contributed by atoms with Gasteiger partial charge in [0.15, 0.2) is 0 Å². The Morgan fingerprint density at radius 3 is 2.89 bits per heavy atom. The molecule has 18 heavy (non-hydrogen) atoms. The van der Waals surface area contributed by atoms with Crippen molar-refractivity contribution in [1.82, 2.24) is 9.97 Å². The molecule has 94 valence electrons. The zero-order chi connectivity index (χ0) is 13.1. The van der Waals surface area contributed by atoms with Gasteiger partial charge in [-0.25, -0.2) is 9.97 Å².